The third kappa shape index (κ3) is 6.40. The highest BCUT2D eigenvalue weighted by molar-refractivity contribution is 8.00. The SMILES string of the molecule is COc1ccc(OC)c(C2SCC(=O)N(CC(=O)NCCN(C)C)c3c2c(-c2ccccc2)nn3-c2ccccc2C)c1. The Morgan fingerprint density at radius 3 is 2.49 bits per heavy atom. The minimum atomic E-state index is -0.348. The van der Waals surface area contributed by atoms with Gasteiger partial charge in [-0.3, -0.25) is 14.5 Å². The Balaban J connectivity index is 1.77. The van der Waals surface area contributed by atoms with Crippen LogP contribution in [0.5, 0.6) is 11.5 Å². The van der Waals surface area contributed by atoms with Crippen molar-refractivity contribution in [3.8, 4) is 28.4 Å². The number of nitrogens with one attached hydrogen (secondary N) is 1. The van der Waals surface area contributed by atoms with Crippen molar-refractivity contribution in [1.82, 2.24) is 20.0 Å². The first-order valence-corrected chi connectivity index (χ1v) is 15.2. The van der Waals surface area contributed by atoms with Gasteiger partial charge in [-0.05, 0) is 50.8 Å². The minimum absolute atomic E-state index is 0.131. The minimum Gasteiger partial charge on any atom is -0.497 e. The molecule has 1 aliphatic heterocycles. The van der Waals surface area contributed by atoms with Crippen LogP contribution in [-0.4, -0.2) is 80.2 Å². The molecule has 10 heteroatoms. The van der Waals surface area contributed by atoms with Crippen molar-refractivity contribution < 1.29 is 19.1 Å². The van der Waals surface area contributed by atoms with Crippen LogP contribution in [0.3, 0.4) is 0 Å². The zero-order valence-electron chi connectivity index (χ0n) is 25.2. The van der Waals surface area contributed by atoms with Crippen LogP contribution in [0.4, 0.5) is 5.82 Å². The number of benzene rings is 3. The molecule has 3 aromatic carbocycles. The summed E-state index contributed by atoms with van der Waals surface area (Å²) >= 11 is 1.49. The van der Waals surface area contributed by atoms with Crippen molar-refractivity contribution in [3.05, 3.63) is 89.5 Å². The van der Waals surface area contributed by atoms with Crippen molar-refractivity contribution in [2.75, 3.05) is 58.6 Å². The molecule has 1 unspecified atom stereocenters. The molecule has 5 rings (SSSR count). The summed E-state index contributed by atoms with van der Waals surface area (Å²) in [6.45, 7) is 3.05. The molecule has 9 nitrogen and oxygen atoms in total. The summed E-state index contributed by atoms with van der Waals surface area (Å²) in [6, 6.07) is 23.5. The van der Waals surface area contributed by atoms with E-state index in [-0.39, 0.29) is 29.4 Å². The Bertz CT molecular complexity index is 1600. The van der Waals surface area contributed by atoms with E-state index in [9.17, 15) is 9.59 Å². The predicted molar refractivity (Wildman–Crippen MR) is 172 cm³/mol. The molecule has 1 atom stereocenters. The molecular formula is C33H37N5O4S. The number of thioether (sulfide) groups is 1. The Labute approximate surface area is 256 Å². The summed E-state index contributed by atoms with van der Waals surface area (Å²) in [7, 11) is 7.17. The third-order valence-corrected chi connectivity index (χ3v) is 8.62. The molecule has 4 aromatic rings. The molecule has 0 spiro atoms. The largest absolute Gasteiger partial charge is 0.497 e. The molecule has 0 saturated heterocycles. The van der Waals surface area contributed by atoms with E-state index in [1.807, 2.05) is 103 Å². The molecule has 0 saturated carbocycles. The molecule has 2 heterocycles. The van der Waals surface area contributed by atoms with E-state index in [0.717, 1.165) is 33.6 Å². The predicted octanol–water partition coefficient (Wildman–Crippen LogP) is 4.71. The van der Waals surface area contributed by atoms with E-state index in [4.69, 9.17) is 14.6 Å². The number of likely N-dealkylation sites (N-methyl/N-ethyl adjacent to an activating group) is 1. The first-order valence-electron chi connectivity index (χ1n) is 14.1. The van der Waals surface area contributed by atoms with Crippen LogP contribution in [-0.2, 0) is 9.59 Å². The van der Waals surface area contributed by atoms with Gasteiger partial charge in [0.2, 0.25) is 11.8 Å². The molecule has 0 bridgehead atoms. The lowest BCUT2D eigenvalue weighted by Crippen LogP contribution is -2.43. The number of para-hydroxylation sites is 1. The van der Waals surface area contributed by atoms with Crippen LogP contribution in [0.15, 0.2) is 72.8 Å². The Kier molecular flexibility index (Phi) is 9.37. The summed E-state index contributed by atoms with van der Waals surface area (Å²) in [5.41, 5.74) is 5.15. The number of hydrogen-bond donors (Lipinski definition) is 1. The first kappa shape index (κ1) is 30.2. The molecule has 0 aliphatic carbocycles. The van der Waals surface area contributed by atoms with Crippen molar-refractivity contribution in [1.29, 1.82) is 0 Å². The van der Waals surface area contributed by atoms with Crippen LogP contribution >= 0.6 is 11.8 Å². The van der Waals surface area contributed by atoms with Gasteiger partial charge in [0.25, 0.3) is 0 Å². The number of nitrogens with zero attached hydrogens (tertiary/aromatic N) is 4. The Hall–Kier alpha value is -4.28. The van der Waals surface area contributed by atoms with E-state index < -0.39 is 0 Å². The van der Waals surface area contributed by atoms with Crippen molar-refractivity contribution in [2.45, 2.75) is 12.2 Å². The topological polar surface area (TPSA) is 88.9 Å². The van der Waals surface area contributed by atoms with Crippen molar-refractivity contribution in [3.63, 3.8) is 0 Å². The second kappa shape index (κ2) is 13.4. The zero-order valence-corrected chi connectivity index (χ0v) is 26.0. The normalized spacial score (nSPS) is 14.8. The number of aromatic nitrogens is 2. The number of methoxy groups -OCH3 is 2. The molecule has 224 valence electrons. The highest BCUT2D eigenvalue weighted by atomic mass is 32.2. The maximum absolute atomic E-state index is 14.0. The number of amides is 2. The number of aryl methyl sites for hydroxylation is 1. The van der Waals surface area contributed by atoms with Gasteiger partial charge in [0.1, 0.15) is 23.9 Å². The fourth-order valence-corrected chi connectivity index (χ4v) is 6.42. The number of rotatable bonds is 10. The molecule has 0 fully saturated rings. The lowest BCUT2D eigenvalue weighted by Gasteiger charge is -2.24. The van der Waals surface area contributed by atoms with E-state index in [0.29, 0.717) is 30.4 Å². The monoisotopic (exact) mass is 599 g/mol. The number of carbonyl (C=O) groups is 2. The van der Waals surface area contributed by atoms with E-state index in [1.165, 1.54) is 11.8 Å². The smallest absolute Gasteiger partial charge is 0.240 e. The fraction of sp³-hybridized carbons (Fsp3) is 0.303. The van der Waals surface area contributed by atoms with Gasteiger partial charge < -0.3 is 19.7 Å². The number of ether oxygens (including phenoxy) is 2. The second-order valence-electron chi connectivity index (χ2n) is 10.6. The lowest BCUT2D eigenvalue weighted by molar-refractivity contribution is -0.122. The average molecular weight is 600 g/mol. The van der Waals surface area contributed by atoms with Crippen LogP contribution in [0.1, 0.15) is 21.9 Å². The van der Waals surface area contributed by atoms with E-state index >= 15 is 0 Å². The van der Waals surface area contributed by atoms with Gasteiger partial charge in [-0.1, -0.05) is 48.5 Å². The maximum Gasteiger partial charge on any atom is 0.240 e. The summed E-state index contributed by atoms with van der Waals surface area (Å²) < 4.78 is 13.3. The maximum atomic E-state index is 14.0. The Morgan fingerprint density at radius 2 is 1.79 bits per heavy atom. The number of hydrogen-bond acceptors (Lipinski definition) is 7. The third-order valence-electron chi connectivity index (χ3n) is 7.38. The van der Waals surface area contributed by atoms with Gasteiger partial charge in [-0.15, -0.1) is 11.8 Å². The summed E-state index contributed by atoms with van der Waals surface area (Å²) in [5.74, 6) is 1.68. The summed E-state index contributed by atoms with van der Waals surface area (Å²) in [4.78, 5) is 30.9. The first-order chi connectivity index (χ1) is 20.8. The molecule has 2 amide bonds. The summed E-state index contributed by atoms with van der Waals surface area (Å²) in [5, 5.41) is 7.81. The van der Waals surface area contributed by atoms with Gasteiger partial charge in [-0.2, -0.15) is 5.10 Å². The number of anilines is 1. The Morgan fingerprint density at radius 1 is 1.05 bits per heavy atom. The quantitative estimate of drug-likeness (QED) is 0.282. The van der Waals surface area contributed by atoms with Gasteiger partial charge in [-0.25, -0.2) is 4.68 Å². The van der Waals surface area contributed by atoms with Gasteiger partial charge in [0.05, 0.1) is 36.6 Å². The van der Waals surface area contributed by atoms with Crippen LogP contribution in [0, 0.1) is 6.92 Å². The van der Waals surface area contributed by atoms with Crippen LogP contribution in [0.2, 0.25) is 0 Å². The molecule has 43 heavy (non-hydrogen) atoms. The van der Waals surface area contributed by atoms with Gasteiger partial charge in [0.15, 0.2) is 0 Å². The highest BCUT2D eigenvalue weighted by Crippen LogP contribution is 2.51. The molecule has 1 aromatic heterocycles. The van der Waals surface area contributed by atoms with E-state index in [2.05, 4.69) is 5.32 Å². The van der Waals surface area contributed by atoms with Crippen molar-refractivity contribution >= 4 is 29.4 Å². The van der Waals surface area contributed by atoms with Gasteiger partial charge >= 0.3 is 0 Å². The fourth-order valence-electron chi connectivity index (χ4n) is 5.21. The second-order valence-corrected chi connectivity index (χ2v) is 11.7. The number of fused-ring (bicyclic) bond motifs is 1. The molecule has 0 radical (unpaired) electrons. The molecule has 1 aliphatic rings. The van der Waals surface area contributed by atoms with E-state index in [1.54, 1.807) is 19.1 Å². The van der Waals surface area contributed by atoms with Crippen molar-refractivity contribution in [2.24, 2.45) is 0 Å². The average Bonchev–Trinajstić information content (AvgIpc) is 3.33. The van der Waals surface area contributed by atoms with Gasteiger partial charge in [0, 0.05) is 29.8 Å². The zero-order chi connectivity index (χ0) is 30.5. The number of carbonyl (C=O) groups excluding carboxylic acids is 2. The highest BCUT2D eigenvalue weighted by Gasteiger charge is 2.39. The lowest BCUT2D eigenvalue weighted by atomic mass is 9.98. The van der Waals surface area contributed by atoms with Crippen LogP contribution < -0.4 is 19.7 Å². The molecule has 1 N–H and O–H groups in total. The standard InChI is InChI=1S/C33H37N5O4S/c1-22-11-9-10-14-26(22)38-33-30(31(35-38)23-12-7-6-8-13-23)32(25-19-24(41-4)15-16-27(25)42-5)43-21-29(40)37(33)20-28(39)34-17-18-36(2)3/h6-16,19,32H,17-18,20-21H2,1-5H3,(H,34,39). The molecular weight excluding hydrogens is 562 g/mol. The van der Waals surface area contributed by atoms with Crippen LogP contribution in [0.25, 0.3) is 16.9 Å². The summed E-state index contributed by atoms with van der Waals surface area (Å²) in [6.07, 6.45) is 0.